The van der Waals surface area contributed by atoms with E-state index in [9.17, 15) is 9.59 Å². The monoisotopic (exact) mass is 506 g/mol. The molecule has 0 atom stereocenters. The van der Waals surface area contributed by atoms with Crippen LogP contribution >= 0.6 is 0 Å². The summed E-state index contributed by atoms with van der Waals surface area (Å²) in [5, 5.41) is 0. The molecule has 0 aliphatic heterocycles. The smallest absolute Gasteiger partial charge is 0.163 e. The maximum atomic E-state index is 13.0. The minimum absolute atomic E-state index is 0.128. The molecule has 0 heterocycles. The fraction of sp³-hybridized carbons (Fsp3) is 0.333. The molecule has 0 unspecified atom stereocenters. The molecule has 0 fully saturated rings. The topological polar surface area (TPSA) is 34.1 Å². The Morgan fingerprint density at radius 1 is 0.474 bits per heavy atom. The average Bonchev–Trinajstić information content (AvgIpc) is 2.93. The van der Waals surface area contributed by atoms with Crippen LogP contribution < -0.4 is 0 Å². The van der Waals surface area contributed by atoms with Crippen molar-refractivity contribution in [1.82, 2.24) is 0 Å². The third-order valence-electron chi connectivity index (χ3n) is 7.57. The van der Waals surface area contributed by atoms with Gasteiger partial charge in [-0.1, -0.05) is 99.5 Å². The Labute approximate surface area is 229 Å². The van der Waals surface area contributed by atoms with Gasteiger partial charge in [-0.15, -0.1) is 0 Å². The molecule has 38 heavy (non-hydrogen) atoms. The van der Waals surface area contributed by atoms with Gasteiger partial charge in [0.1, 0.15) is 0 Å². The summed E-state index contributed by atoms with van der Waals surface area (Å²) in [6, 6.07) is 25.0. The number of hydrogen-bond donors (Lipinski definition) is 0. The van der Waals surface area contributed by atoms with E-state index < -0.39 is 0 Å². The van der Waals surface area contributed by atoms with Gasteiger partial charge in [0.2, 0.25) is 0 Å². The summed E-state index contributed by atoms with van der Waals surface area (Å²) >= 11 is 0. The van der Waals surface area contributed by atoms with Gasteiger partial charge in [-0.3, -0.25) is 9.59 Å². The van der Waals surface area contributed by atoms with Crippen LogP contribution in [0.3, 0.4) is 0 Å². The van der Waals surface area contributed by atoms with Gasteiger partial charge in [0, 0.05) is 12.8 Å². The zero-order valence-corrected chi connectivity index (χ0v) is 24.0. The molecule has 2 heteroatoms. The number of allylic oxidation sites excluding steroid dienone is 4. The summed E-state index contributed by atoms with van der Waals surface area (Å²) < 4.78 is 0. The third kappa shape index (κ3) is 7.74. The molecular weight excluding hydrogens is 464 g/mol. The highest BCUT2D eigenvalue weighted by Crippen LogP contribution is 2.23. The number of benzene rings is 3. The first-order valence-corrected chi connectivity index (χ1v) is 13.9. The molecule has 0 spiro atoms. The summed E-state index contributed by atoms with van der Waals surface area (Å²) in [6.45, 7) is 12.2. The molecular formula is C36H42O2. The highest BCUT2D eigenvalue weighted by molar-refractivity contribution is 6.03. The number of hydrogen-bond acceptors (Lipinski definition) is 2. The van der Waals surface area contributed by atoms with Crippen LogP contribution in [0, 0.1) is 0 Å². The largest absolute Gasteiger partial charge is 0.294 e. The fourth-order valence-electron chi connectivity index (χ4n) is 4.68. The Morgan fingerprint density at radius 3 is 1.05 bits per heavy atom. The lowest BCUT2D eigenvalue weighted by Crippen LogP contribution is -2.08. The number of carbonyl (C=O) groups excluding carboxylic acids is 2. The van der Waals surface area contributed by atoms with Crippen molar-refractivity contribution in [3.8, 4) is 0 Å². The lowest BCUT2D eigenvalue weighted by molar-refractivity contribution is -0.115. The normalized spacial score (nSPS) is 12.6. The number of ketones is 2. The molecule has 3 aromatic rings. The van der Waals surface area contributed by atoms with Crippen LogP contribution in [0.4, 0.5) is 0 Å². The standard InChI is InChI=1S/C36H42O2/c1-7-9-29-15-19-33(20-16-29)25(3)27(5)35(37)23-31-11-13-32(14-12-31)24-36(38)28(6)26(4)34-21-17-30(10-8-2)18-22-34/h11-22H,7-10,23-24H2,1-6H3/b27-25+,28-26+. The molecule has 3 aromatic carbocycles. The van der Waals surface area contributed by atoms with Gasteiger partial charge >= 0.3 is 0 Å². The second kappa shape index (κ2) is 13.9. The Kier molecular flexibility index (Phi) is 10.6. The summed E-state index contributed by atoms with van der Waals surface area (Å²) in [5.74, 6) is 0.256. The zero-order valence-electron chi connectivity index (χ0n) is 24.0. The highest BCUT2D eigenvalue weighted by atomic mass is 16.1. The van der Waals surface area contributed by atoms with Crippen molar-refractivity contribution in [3.63, 3.8) is 0 Å². The molecule has 2 nitrogen and oxygen atoms in total. The van der Waals surface area contributed by atoms with Crippen molar-refractivity contribution in [1.29, 1.82) is 0 Å². The second-order valence-electron chi connectivity index (χ2n) is 10.4. The van der Waals surface area contributed by atoms with E-state index in [2.05, 4.69) is 62.4 Å². The Bertz CT molecular complexity index is 1200. The molecule has 198 valence electrons. The maximum absolute atomic E-state index is 13.0. The van der Waals surface area contributed by atoms with Crippen molar-refractivity contribution in [2.24, 2.45) is 0 Å². The highest BCUT2D eigenvalue weighted by Gasteiger charge is 2.13. The van der Waals surface area contributed by atoms with Crippen molar-refractivity contribution >= 4 is 22.7 Å². The quantitative estimate of drug-likeness (QED) is 0.230. The van der Waals surface area contributed by atoms with E-state index in [0.717, 1.165) is 70.2 Å². The van der Waals surface area contributed by atoms with E-state index >= 15 is 0 Å². The first kappa shape index (κ1) is 29.0. The number of rotatable bonds is 12. The maximum Gasteiger partial charge on any atom is 0.163 e. The molecule has 0 bridgehead atoms. The van der Waals surface area contributed by atoms with Crippen LogP contribution in [-0.2, 0) is 35.3 Å². The van der Waals surface area contributed by atoms with Gasteiger partial charge in [0.15, 0.2) is 11.6 Å². The number of Topliss-reactive ketones (excluding diaryl/α,β-unsaturated/α-hetero) is 2. The van der Waals surface area contributed by atoms with E-state index in [4.69, 9.17) is 0 Å². The summed E-state index contributed by atoms with van der Waals surface area (Å²) in [6.07, 6.45) is 5.12. The van der Waals surface area contributed by atoms with Gasteiger partial charge in [0.25, 0.3) is 0 Å². The van der Waals surface area contributed by atoms with Gasteiger partial charge in [0.05, 0.1) is 0 Å². The number of aryl methyl sites for hydroxylation is 2. The first-order valence-electron chi connectivity index (χ1n) is 13.9. The van der Waals surface area contributed by atoms with Crippen molar-refractivity contribution in [3.05, 3.63) is 117 Å². The molecule has 0 aromatic heterocycles. The van der Waals surface area contributed by atoms with Crippen molar-refractivity contribution in [2.45, 2.75) is 80.1 Å². The molecule has 0 aliphatic carbocycles. The lowest BCUT2D eigenvalue weighted by Gasteiger charge is -2.10. The fourth-order valence-corrected chi connectivity index (χ4v) is 4.68. The van der Waals surface area contributed by atoms with Gasteiger partial charge < -0.3 is 0 Å². The Balaban J connectivity index is 1.63. The van der Waals surface area contributed by atoms with Gasteiger partial charge in [-0.2, -0.15) is 0 Å². The minimum atomic E-state index is 0.128. The van der Waals surface area contributed by atoms with Crippen LogP contribution in [0.2, 0.25) is 0 Å². The second-order valence-corrected chi connectivity index (χ2v) is 10.4. The van der Waals surface area contributed by atoms with E-state index in [-0.39, 0.29) is 11.6 Å². The average molecular weight is 507 g/mol. The molecule has 0 saturated heterocycles. The Morgan fingerprint density at radius 2 is 0.763 bits per heavy atom. The summed E-state index contributed by atoms with van der Waals surface area (Å²) in [5.41, 5.74) is 10.4. The predicted octanol–water partition coefficient (Wildman–Crippen LogP) is 8.80. The molecule has 0 radical (unpaired) electrons. The SMILES string of the molecule is CCCc1ccc(/C(C)=C(\C)C(=O)Cc2ccc(CC(=O)/C(C)=C(\C)c3ccc(CCC)cc3)cc2)cc1. The molecule has 0 N–H and O–H groups in total. The van der Waals surface area contributed by atoms with Gasteiger partial charge in [-0.25, -0.2) is 0 Å². The third-order valence-corrected chi connectivity index (χ3v) is 7.57. The van der Waals surface area contributed by atoms with Crippen LogP contribution in [-0.4, -0.2) is 11.6 Å². The van der Waals surface area contributed by atoms with Crippen LogP contribution in [0.5, 0.6) is 0 Å². The van der Waals surface area contributed by atoms with Crippen LogP contribution in [0.25, 0.3) is 11.1 Å². The number of carbonyl (C=O) groups is 2. The molecule has 3 rings (SSSR count). The lowest BCUT2D eigenvalue weighted by atomic mass is 9.94. The Hall–Kier alpha value is -3.52. The minimum Gasteiger partial charge on any atom is -0.294 e. The summed E-state index contributed by atoms with van der Waals surface area (Å²) in [7, 11) is 0. The van der Waals surface area contributed by atoms with E-state index in [0.29, 0.717) is 12.8 Å². The summed E-state index contributed by atoms with van der Waals surface area (Å²) in [4.78, 5) is 26.0. The van der Waals surface area contributed by atoms with E-state index in [1.807, 2.05) is 52.0 Å². The van der Waals surface area contributed by atoms with Crippen molar-refractivity contribution < 1.29 is 9.59 Å². The van der Waals surface area contributed by atoms with Crippen LogP contribution in [0.1, 0.15) is 87.8 Å². The van der Waals surface area contributed by atoms with Gasteiger partial charge in [-0.05, 0) is 96.2 Å². The molecule has 0 amide bonds. The zero-order chi connectivity index (χ0) is 27.7. The van der Waals surface area contributed by atoms with E-state index in [1.165, 1.54) is 11.1 Å². The van der Waals surface area contributed by atoms with Crippen molar-refractivity contribution in [2.75, 3.05) is 0 Å². The predicted molar refractivity (Wildman–Crippen MR) is 161 cm³/mol. The molecule has 0 aliphatic rings. The van der Waals surface area contributed by atoms with E-state index in [1.54, 1.807) is 0 Å². The van der Waals surface area contributed by atoms with Crippen LogP contribution in [0.15, 0.2) is 83.9 Å². The first-order chi connectivity index (χ1) is 18.2. The molecule has 0 saturated carbocycles.